The van der Waals surface area contributed by atoms with Gasteiger partial charge in [0.2, 0.25) is 0 Å². The average Bonchev–Trinajstić information content (AvgIpc) is 2.98. The second-order valence-electron chi connectivity index (χ2n) is 9.11. The maximum absolute atomic E-state index is 11.4. The number of rotatable bonds is 6. The van der Waals surface area contributed by atoms with Gasteiger partial charge in [0.05, 0.1) is 53.0 Å². The Kier molecular flexibility index (Phi) is 13.8. The van der Waals surface area contributed by atoms with Gasteiger partial charge in [0.15, 0.2) is 34.4 Å². The molecule has 0 saturated heterocycles. The van der Waals surface area contributed by atoms with E-state index in [1.165, 1.54) is 72.1 Å². The molecule has 0 unspecified atom stereocenters. The van der Waals surface area contributed by atoms with E-state index in [9.17, 15) is 9.59 Å². The summed E-state index contributed by atoms with van der Waals surface area (Å²) in [5, 5.41) is 18.1. The van der Waals surface area contributed by atoms with E-state index < -0.39 is 11.9 Å². The Hall–Kier alpha value is -3.60. The molecule has 2 aromatic heterocycles. The fourth-order valence-electron chi connectivity index (χ4n) is 4.14. The fraction of sp³-hybridized carbons (Fsp3) is 0.571. The van der Waals surface area contributed by atoms with Crippen LogP contribution in [0.2, 0.25) is 0 Å². The van der Waals surface area contributed by atoms with E-state index in [1.807, 2.05) is 0 Å². The predicted octanol–water partition coefficient (Wildman–Crippen LogP) is 4.48. The first-order chi connectivity index (χ1) is 18.8. The molecule has 2 fully saturated rings. The van der Waals surface area contributed by atoms with Crippen molar-refractivity contribution >= 4 is 11.9 Å². The Labute approximate surface area is 229 Å². The molecule has 2 aliphatic rings. The first-order valence-corrected chi connectivity index (χ1v) is 13.1. The van der Waals surface area contributed by atoms with Crippen LogP contribution in [0.25, 0.3) is 0 Å². The van der Waals surface area contributed by atoms with E-state index in [2.05, 4.69) is 19.4 Å². The normalized spacial score (nSPS) is 15.4. The van der Waals surface area contributed by atoms with Gasteiger partial charge in [-0.25, -0.2) is 19.6 Å². The lowest BCUT2D eigenvalue weighted by Crippen LogP contribution is -2.20. The first kappa shape index (κ1) is 31.6. The molecule has 0 amide bonds. The van der Waals surface area contributed by atoms with Gasteiger partial charge in [-0.05, 0) is 38.5 Å². The van der Waals surface area contributed by atoms with Crippen molar-refractivity contribution in [1.29, 1.82) is 0 Å². The summed E-state index contributed by atoms with van der Waals surface area (Å²) in [5.74, 6) is 0.120. The first-order valence-electron chi connectivity index (χ1n) is 13.1. The molecule has 2 aliphatic carbocycles. The van der Waals surface area contributed by atoms with Crippen LogP contribution in [0.15, 0.2) is 24.5 Å². The van der Waals surface area contributed by atoms with Gasteiger partial charge in [0, 0.05) is 12.1 Å². The number of methoxy groups -OCH3 is 4. The smallest absolute Gasteiger partial charge is 0.356 e. The van der Waals surface area contributed by atoms with Crippen molar-refractivity contribution in [3.8, 4) is 23.0 Å². The topological polar surface area (TPSA) is 147 Å². The molecule has 0 bridgehead atoms. The number of hydrogen-bond donors (Lipinski definition) is 2. The van der Waals surface area contributed by atoms with Gasteiger partial charge in [0.1, 0.15) is 0 Å². The zero-order valence-electron chi connectivity index (χ0n) is 23.2. The van der Waals surface area contributed by atoms with Crippen LogP contribution in [0, 0.1) is 0 Å². The quantitative estimate of drug-likeness (QED) is 0.492. The van der Waals surface area contributed by atoms with E-state index in [1.54, 1.807) is 13.2 Å². The zero-order valence-corrected chi connectivity index (χ0v) is 23.2. The molecule has 216 valence electrons. The molecule has 0 atom stereocenters. The van der Waals surface area contributed by atoms with Crippen LogP contribution in [-0.4, -0.2) is 72.8 Å². The molecule has 2 aromatic rings. The number of aliphatic hydroxyl groups is 1. The van der Waals surface area contributed by atoms with Crippen LogP contribution in [0.5, 0.6) is 23.0 Å². The number of hydrogen-bond acceptors (Lipinski definition) is 11. The molecule has 11 heteroatoms. The highest BCUT2D eigenvalue weighted by molar-refractivity contribution is 5.88. The summed E-state index contributed by atoms with van der Waals surface area (Å²) in [4.78, 5) is 30.1. The molecular weight excluding hydrogens is 508 g/mol. The second-order valence-corrected chi connectivity index (χ2v) is 9.11. The van der Waals surface area contributed by atoms with Gasteiger partial charge in [-0.3, -0.25) is 0 Å². The highest BCUT2D eigenvalue weighted by Gasteiger charge is 2.19. The summed E-state index contributed by atoms with van der Waals surface area (Å²) in [6.07, 6.45) is 14.6. The van der Waals surface area contributed by atoms with Gasteiger partial charge in [-0.15, -0.1) is 0 Å². The zero-order chi connectivity index (χ0) is 28.6. The fourth-order valence-corrected chi connectivity index (χ4v) is 4.14. The van der Waals surface area contributed by atoms with Crippen molar-refractivity contribution in [3.63, 3.8) is 0 Å². The van der Waals surface area contributed by atoms with Crippen LogP contribution >= 0.6 is 0 Å². The summed E-state index contributed by atoms with van der Waals surface area (Å²) in [6.45, 7) is 0. The van der Waals surface area contributed by atoms with Crippen LogP contribution in [0.1, 0.15) is 85.2 Å². The summed E-state index contributed by atoms with van der Waals surface area (Å²) < 4.78 is 25.0. The van der Waals surface area contributed by atoms with Crippen LogP contribution in [0.3, 0.4) is 0 Å². The molecule has 0 spiro atoms. The third-order valence-corrected chi connectivity index (χ3v) is 6.33. The number of carbonyl (C=O) groups is 2. The average molecular weight is 549 g/mol. The van der Waals surface area contributed by atoms with Crippen LogP contribution in [-0.2, 0) is 9.47 Å². The lowest BCUT2D eigenvalue weighted by atomic mass is 9.98. The minimum absolute atomic E-state index is 0.0359. The molecule has 0 radical (unpaired) electrons. The number of aromatic hydroxyl groups is 1. The third-order valence-electron chi connectivity index (χ3n) is 6.33. The predicted molar refractivity (Wildman–Crippen MR) is 143 cm³/mol. The van der Waals surface area contributed by atoms with Gasteiger partial charge >= 0.3 is 11.9 Å². The van der Waals surface area contributed by atoms with Crippen LogP contribution in [0.4, 0.5) is 0 Å². The lowest BCUT2D eigenvalue weighted by molar-refractivity contribution is 0.0584. The van der Waals surface area contributed by atoms with Crippen molar-refractivity contribution in [2.24, 2.45) is 0 Å². The van der Waals surface area contributed by atoms with Gasteiger partial charge in [-0.1, -0.05) is 25.7 Å². The van der Waals surface area contributed by atoms with Crippen molar-refractivity contribution in [3.05, 3.63) is 35.9 Å². The van der Waals surface area contributed by atoms with Crippen LogP contribution < -0.4 is 14.2 Å². The van der Waals surface area contributed by atoms with E-state index in [4.69, 9.17) is 24.4 Å². The van der Waals surface area contributed by atoms with Crippen molar-refractivity contribution in [2.75, 3.05) is 28.4 Å². The van der Waals surface area contributed by atoms with E-state index in [0.29, 0.717) is 11.5 Å². The maximum atomic E-state index is 11.4. The molecule has 4 rings (SSSR count). The Balaban J connectivity index is 0.000000229. The second kappa shape index (κ2) is 17.1. The molecular formula is C28H40N2O9. The number of pyridine rings is 2. The van der Waals surface area contributed by atoms with E-state index >= 15 is 0 Å². The van der Waals surface area contributed by atoms with Crippen molar-refractivity contribution < 1.29 is 43.5 Å². The Morgan fingerprint density at radius 1 is 0.718 bits per heavy atom. The maximum Gasteiger partial charge on any atom is 0.356 e. The van der Waals surface area contributed by atoms with E-state index in [-0.39, 0.29) is 35.1 Å². The van der Waals surface area contributed by atoms with E-state index in [0.717, 1.165) is 31.9 Å². The highest BCUT2D eigenvalue weighted by Crippen LogP contribution is 2.31. The van der Waals surface area contributed by atoms with Crippen molar-refractivity contribution in [1.82, 2.24) is 9.97 Å². The largest absolute Gasteiger partial charge is 0.503 e. The molecule has 2 N–H and O–H groups in total. The molecule has 0 aromatic carbocycles. The summed E-state index contributed by atoms with van der Waals surface area (Å²) in [6, 6.07) is 2.85. The summed E-state index contributed by atoms with van der Waals surface area (Å²) >= 11 is 0. The Bertz CT molecular complexity index is 1040. The number of ether oxygens (including phenoxy) is 5. The number of carbonyl (C=O) groups excluding carboxylic acids is 2. The molecule has 2 heterocycles. The Morgan fingerprint density at radius 3 is 1.67 bits per heavy atom. The SMILES string of the molecule is COC(=O)c1cc(OC)c(O)cn1.COC(=O)c1cc(OC)c(OC2CCCCC2)cn1.OC1CCCCC1. The lowest BCUT2D eigenvalue weighted by Gasteiger charge is -2.23. The number of aromatic nitrogens is 2. The van der Waals surface area contributed by atoms with Gasteiger partial charge in [0.25, 0.3) is 0 Å². The number of aliphatic hydroxyl groups excluding tert-OH is 1. The Morgan fingerprint density at radius 2 is 1.21 bits per heavy atom. The molecule has 39 heavy (non-hydrogen) atoms. The number of nitrogens with zero attached hydrogens (tertiary/aromatic N) is 2. The van der Waals surface area contributed by atoms with Gasteiger partial charge < -0.3 is 33.9 Å². The van der Waals surface area contributed by atoms with Gasteiger partial charge in [-0.2, -0.15) is 0 Å². The highest BCUT2D eigenvalue weighted by atomic mass is 16.5. The third kappa shape index (κ3) is 10.6. The minimum Gasteiger partial charge on any atom is -0.503 e. The standard InChI is InChI=1S/C14H19NO4.C8H9NO4.C6H12O/c1-17-12-8-11(14(16)18-2)15-9-13(12)19-10-6-4-3-5-7-10;1-12-7-3-5(8(11)13-2)9-4-6(7)10;7-6-4-2-1-3-5-6/h8-10H,3-7H2,1-2H3;3-4,10H,1-2H3;6-7H,1-5H2. The summed E-state index contributed by atoms with van der Waals surface area (Å²) in [7, 11) is 5.51. The monoisotopic (exact) mass is 548 g/mol. The van der Waals surface area contributed by atoms with Crippen molar-refractivity contribution in [2.45, 2.75) is 76.4 Å². The summed E-state index contributed by atoms with van der Waals surface area (Å²) in [5.41, 5.74) is 0.312. The minimum atomic E-state index is -0.571. The number of esters is 2. The molecule has 2 saturated carbocycles. The molecule has 11 nitrogen and oxygen atoms in total. The molecule has 0 aliphatic heterocycles.